The first-order chi connectivity index (χ1) is 19.9. The van der Waals surface area contributed by atoms with Crippen molar-refractivity contribution in [3.8, 4) is 0 Å². The number of carbonyl (C=O) groups is 5. The fourth-order valence-electron chi connectivity index (χ4n) is 7.40. The second-order valence-electron chi connectivity index (χ2n) is 13.2. The Labute approximate surface area is 251 Å². The van der Waals surface area contributed by atoms with Gasteiger partial charge >= 0.3 is 29.8 Å². The molecule has 12 heteroatoms. The molecule has 4 aliphatic rings. The zero-order chi connectivity index (χ0) is 32.1. The Balaban J connectivity index is 2.05. The molecule has 0 amide bonds. The van der Waals surface area contributed by atoms with Gasteiger partial charge in [0, 0.05) is 39.5 Å². The van der Waals surface area contributed by atoms with Crippen molar-refractivity contribution >= 4 is 29.8 Å². The maximum atomic E-state index is 13.4. The highest BCUT2D eigenvalue weighted by Gasteiger charge is 2.75. The quantitative estimate of drug-likeness (QED) is 0.203. The van der Waals surface area contributed by atoms with Gasteiger partial charge in [-0.1, -0.05) is 20.8 Å². The van der Waals surface area contributed by atoms with E-state index in [0.717, 1.165) is 0 Å². The van der Waals surface area contributed by atoms with Crippen LogP contribution in [0.4, 0.5) is 0 Å². The summed E-state index contributed by atoms with van der Waals surface area (Å²) < 4.78 is 35.6. The number of fused-ring (bicyclic) bond motifs is 3. The minimum absolute atomic E-state index is 0.0296. The van der Waals surface area contributed by atoms with Crippen molar-refractivity contribution in [1.82, 2.24) is 0 Å². The normalized spacial score (nSPS) is 41.6. The molecule has 10 atom stereocenters. The summed E-state index contributed by atoms with van der Waals surface area (Å²) in [6.07, 6.45) is -3.46. The summed E-state index contributed by atoms with van der Waals surface area (Å²) >= 11 is 0. The van der Waals surface area contributed by atoms with E-state index >= 15 is 0 Å². The van der Waals surface area contributed by atoms with Gasteiger partial charge in [0.15, 0.2) is 11.7 Å². The van der Waals surface area contributed by atoms with Crippen molar-refractivity contribution in [2.45, 2.75) is 123 Å². The topological polar surface area (TPSA) is 164 Å². The first-order valence-corrected chi connectivity index (χ1v) is 14.9. The summed E-state index contributed by atoms with van der Waals surface area (Å²) in [6.45, 7) is 12.6. The lowest BCUT2D eigenvalue weighted by molar-refractivity contribution is -0.244. The molecule has 0 aromatic carbocycles. The van der Waals surface area contributed by atoms with Gasteiger partial charge < -0.3 is 33.5 Å². The molecule has 0 unspecified atom stereocenters. The summed E-state index contributed by atoms with van der Waals surface area (Å²) in [6, 6.07) is 0. The van der Waals surface area contributed by atoms with E-state index in [-0.39, 0.29) is 25.4 Å². The van der Waals surface area contributed by atoms with Crippen LogP contribution in [0, 0.1) is 23.2 Å². The average Bonchev–Trinajstić information content (AvgIpc) is 3.61. The van der Waals surface area contributed by atoms with Crippen LogP contribution < -0.4 is 0 Å². The summed E-state index contributed by atoms with van der Waals surface area (Å²) in [5, 5.41) is 12.7. The SMILES string of the molecule is CC(=O)O[C@H]1CC[C@@]2(CO2)[C@@H]2[C@H](OC(=O)CC(C)C)[C@@]3(O)[C@H](/C=C(/C)[C@H](OC(C)=O)C[C@H](OC(C)=O)[C@@]12C)OC(=O)[C@@H]3C. The van der Waals surface area contributed by atoms with Gasteiger partial charge in [-0.3, -0.25) is 24.0 Å². The van der Waals surface area contributed by atoms with E-state index in [1.165, 1.54) is 33.8 Å². The molecule has 1 N–H and O–H groups in total. The smallest absolute Gasteiger partial charge is 0.312 e. The Morgan fingerprint density at radius 1 is 1.02 bits per heavy atom. The number of carbonyl (C=O) groups excluding carboxylic acids is 5. The molecule has 1 saturated carbocycles. The molecule has 0 bridgehead atoms. The van der Waals surface area contributed by atoms with Crippen LogP contribution in [0.15, 0.2) is 11.6 Å². The Morgan fingerprint density at radius 3 is 2.14 bits per heavy atom. The summed E-state index contributed by atoms with van der Waals surface area (Å²) in [5.74, 6) is -5.32. The minimum Gasteiger partial charge on any atom is -0.462 e. The summed E-state index contributed by atoms with van der Waals surface area (Å²) in [7, 11) is 0. The van der Waals surface area contributed by atoms with Crippen molar-refractivity contribution in [2.75, 3.05) is 6.61 Å². The third kappa shape index (κ3) is 6.05. The van der Waals surface area contributed by atoms with Crippen molar-refractivity contribution < 1.29 is 57.5 Å². The van der Waals surface area contributed by atoms with E-state index in [0.29, 0.717) is 18.4 Å². The highest BCUT2D eigenvalue weighted by molar-refractivity contribution is 5.78. The van der Waals surface area contributed by atoms with Crippen LogP contribution >= 0.6 is 0 Å². The Hall–Kier alpha value is -2.99. The molecular weight excluding hydrogens is 564 g/mol. The third-order valence-corrected chi connectivity index (χ3v) is 9.58. The van der Waals surface area contributed by atoms with Gasteiger partial charge in [-0.15, -0.1) is 0 Å². The number of aliphatic hydroxyl groups is 1. The van der Waals surface area contributed by atoms with Crippen LogP contribution in [0.25, 0.3) is 0 Å². The molecule has 12 nitrogen and oxygen atoms in total. The fraction of sp³-hybridized carbons (Fsp3) is 0.774. The van der Waals surface area contributed by atoms with Crippen LogP contribution in [0.1, 0.15) is 81.1 Å². The molecule has 0 radical (unpaired) electrons. The van der Waals surface area contributed by atoms with Crippen LogP contribution in [0.3, 0.4) is 0 Å². The van der Waals surface area contributed by atoms with Gasteiger partial charge in [-0.2, -0.15) is 0 Å². The van der Waals surface area contributed by atoms with Crippen LogP contribution in [0.2, 0.25) is 0 Å². The number of ether oxygens (including phenoxy) is 6. The van der Waals surface area contributed by atoms with Crippen molar-refractivity contribution in [2.24, 2.45) is 23.2 Å². The van der Waals surface area contributed by atoms with E-state index in [4.69, 9.17) is 28.4 Å². The van der Waals surface area contributed by atoms with E-state index in [1.54, 1.807) is 13.8 Å². The molecule has 0 aromatic rings. The molecule has 2 aliphatic heterocycles. The second kappa shape index (κ2) is 11.8. The highest BCUT2D eigenvalue weighted by atomic mass is 16.6. The molecular formula is C31H44O12. The lowest BCUT2D eigenvalue weighted by Crippen LogP contribution is -2.69. The van der Waals surface area contributed by atoms with Gasteiger partial charge in [0.1, 0.15) is 24.4 Å². The van der Waals surface area contributed by atoms with Gasteiger partial charge in [0.25, 0.3) is 0 Å². The molecule has 43 heavy (non-hydrogen) atoms. The van der Waals surface area contributed by atoms with Crippen molar-refractivity contribution in [3.63, 3.8) is 0 Å². The average molecular weight is 609 g/mol. The Bertz CT molecular complexity index is 1190. The largest absolute Gasteiger partial charge is 0.462 e. The molecule has 2 saturated heterocycles. The zero-order valence-corrected chi connectivity index (χ0v) is 26.2. The lowest BCUT2D eigenvalue weighted by atomic mass is 9.52. The van der Waals surface area contributed by atoms with E-state index < -0.39 is 88.8 Å². The fourth-order valence-corrected chi connectivity index (χ4v) is 7.40. The molecule has 1 spiro atoms. The number of hydrogen-bond donors (Lipinski definition) is 1. The highest BCUT2D eigenvalue weighted by Crippen LogP contribution is 2.62. The van der Waals surface area contributed by atoms with Crippen LogP contribution in [-0.2, 0) is 52.4 Å². The Morgan fingerprint density at radius 2 is 1.60 bits per heavy atom. The molecule has 2 heterocycles. The van der Waals surface area contributed by atoms with Gasteiger partial charge in [0.05, 0.1) is 23.5 Å². The standard InChI is InChI=1S/C31H44O12/c1-15(2)11-25(35)43-27-26-29(8,22(40-19(6)33)9-10-30(26)14-38-30)23(41-20(7)34)13-21(39-18(5)32)16(3)12-24-31(27,37)17(4)28(36)42-24/h12,15,17,21-24,26-27,37H,9-11,13-14H2,1-8H3/b16-12-/t17-,21+,22-,23-,24-,26+,27-,29+,30+,31-/m0/s1. The number of rotatable bonds is 6. The van der Waals surface area contributed by atoms with Gasteiger partial charge in [0.2, 0.25) is 0 Å². The molecule has 4 rings (SSSR count). The van der Waals surface area contributed by atoms with Gasteiger partial charge in [-0.05, 0) is 44.3 Å². The molecule has 2 aliphatic carbocycles. The van der Waals surface area contributed by atoms with Crippen LogP contribution in [-0.4, -0.2) is 83.3 Å². The van der Waals surface area contributed by atoms with E-state index in [2.05, 4.69) is 0 Å². The molecule has 3 fully saturated rings. The Kier molecular flexibility index (Phi) is 9.06. The number of epoxide rings is 1. The maximum absolute atomic E-state index is 13.4. The predicted octanol–water partition coefficient (Wildman–Crippen LogP) is 2.57. The van der Waals surface area contributed by atoms with Crippen molar-refractivity contribution in [3.05, 3.63) is 11.6 Å². The van der Waals surface area contributed by atoms with Crippen LogP contribution in [0.5, 0.6) is 0 Å². The second-order valence-corrected chi connectivity index (χ2v) is 13.2. The van der Waals surface area contributed by atoms with Gasteiger partial charge in [-0.25, -0.2) is 0 Å². The predicted molar refractivity (Wildman–Crippen MR) is 148 cm³/mol. The first kappa shape index (κ1) is 32.9. The summed E-state index contributed by atoms with van der Waals surface area (Å²) in [5.41, 5.74) is -4.03. The van der Waals surface area contributed by atoms with E-state index in [1.807, 2.05) is 13.8 Å². The zero-order valence-electron chi connectivity index (χ0n) is 26.2. The number of hydrogen-bond acceptors (Lipinski definition) is 12. The third-order valence-electron chi connectivity index (χ3n) is 9.58. The minimum atomic E-state index is -2.12. The lowest BCUT2D eigenvalue weighted by Gasteiger charge is -2.57. The molecule has 240 valence electrons. The monoisotopic (exact) mass is 608 g/mol. The number of esters is 5. The maximum Gasteiger partial charge on any atom is 0.312 e. The summed E-state index contributed by atoms with van der Waals surface area (Å²) in [4.78, 5) is 63.9. The molecule has 0 aromatic heterocycles. The van der Waals surface area contributed by atoms with Crippen molar-refractivity contribution in [1.29, 1.82) is 0 Å². The van der Waals surface area contributed by atoms with E-state index in [9.17, 15) is 29.1 Å². The first-order valence-electron chi connectivity index (χ1n) is 14.9.